The normalized spacial score (nSPS) is 9.80. The number of aromatic carboxylic acids is 1. The minimum absolute atomic E-state index is 0.167. The van der Waals surface area contributed by atoms with Gasteiger partial charge in [-0.2, -0.15) is 0 Å². The number of carbonyl (C=O) groups is 1. The van der Waals surface area contributed by atoms with E-state index in [4.69, 9.17) is 0 Å². The highest BCUT2D eigenvalue weighted by atomic mass is 16.4. The van der Waals surface area contributed by atoms with Gasteiger partial charge in [0.25, 0.3) is 0 Å². The van der Waals surface area contributed by atoms with Crippen LogP contribution in [0.4, 0.5) is 0 Å². The van der Waals surface area contributed by atoms with E-state index in [1.165, 1.54) is 9.13 Å². The van der Waals surface area contributed by atoms with Crippen molar-refractivity contribution in [1.82, 2.24) is 4.57 Å². The average molecular weight is 140 g/mol. The lowest BCUT2D eigenvalue weighted by atomic mass is 10.6. The maximum atomic E-state index is 10.4. The van der Waals surface area contributed by atoms with Gasteiger partial charge in [0.15, 0.2) is 5.97 Å². The molecule has 0 N–H and O–H groups in total. The van der Waals surface area contributed by atoms with E-state index in [2.05, 4.69) is 0 Å². The van der Waals surface area contributed by atoms with E-state index in [0.29, 0.717) is 0 Å². The van der Waals surface area contributed by atoms with Gasteiger partial charge in [0.05, 0.1) is 14.1 Å². The van der Waals surface area contributed by atoms with Crippen molar-refractivity contribution in [2.24, 2.45) is 14.1 Å². The number of carboxylic acids is 1. The highest BCUT2D eigenvalue weighted by molar-refractivity contribution is 5.79. The van der Waals surface area contributed by atoms with E-state index in [0.717, 1.165) is 0 Å². The molecule has 0 saturated carbocycles. The van der Waals surface area contributed by atoms with Crippen LogP contribution >= 0.6 is 0 Å². The summed E-state index contributed by atoms with van der Waals surface area (Å²) in [4.78, 5) is 10.4. The molecule has 0 fully saturated rings. The van der Waals surface area contributed by atoms with Crippen LogP contribution in [-0.4, -0.2) is 10.5 Å². The predicted octanol–water partition coefficient (Wildman–Crippen LogP) is -1.79. The lowest BCUT2D eigenvalue weighted by Crippen LogP contribution is -2.41. The van der Waals surface area contributed by atoms with Crippen molar-refractivity contribution in [3.63, 3.8) is 0 Å². The fourth-order valence-electron chi connectivity index (χ4n) is 0.878. The molecule has 10 heavy (non-hydrogen) atoms. The summed E-state index contributed by atoms with van der Waals surface area (Å²) in [5, 5.41) is 10.4. The van der Waals surface area contributed by atoms with Gasteiger partial charge in [-0.3, -0.25) is 0 Å². The first-order chi connectivity index (χ1) is 4.63. The van der Waals surface area contributed by atoms with Crippen LogP contribution in [0.1, 0.15) is 10.6 Å². The molecule has 0 bridgehead atoms. The van der Waals surface area contributed by atoms with Crippen LogP contribution in [-0.2, 0) is 14.1 Å². The molecule has 1 aromatic heterocycles. The fourth-order valence-corrected chi connectivity index (χ4v) is 0.878. The summed E-state index contributed by atoms with van der Waals surface area (Å²) in [5.74, 6) is -0.991. The second-order valence-corrected chi connectivity index (χ2v) is 2.13. The third-order valence-electron chi connectivity index (χ3n) is 1.36. The Morgan fingerprint density at radius 1 is 1.80 bits per heavy atom. The Hall–Kier alpha value is -1.32. The minimum Gasteiger partial charge on any atom is -0.538 e. The highest BCUT2D eigenvalue weighted by Gasteiger charge is 2.10. The first-order valence-electron chi connectivity index (χ1n) is 2.85. The van der Waals surface area contributed by atoms with Crippen LogP contribution in [0.25, 0.3) is 0 Å². The number of rotatable bonds is 1. The number of carbonyl (C=O) groups excluding carboxylic acids is 1. The maximum Gasteiger partial charge on any atom is 0.304 e. The Labute approximate surface area is 58.3 Å². The van der Waals surface area contributed by atoms with Gasteiger partial charge in [-0.25, -0.2) is 9.13 Å². The molecule has 0 spiro atoms. The molecule has 1 rings (SSSR count). The zero-order chi connectivity index (χ0) is 7.72. The van der Waals surface area contributed by atoms with Crippen molar-refractivity contribution >= 4 is 5.97 Å². The summed E-state index contributed by atoms with van der Waals surface area (Å²) in [6.07, 6.45) is 3.32. The summed E-state index contributed by atoms with van der Waals surface area (Å²) in [7, 11) is 3.32. The Morgan fingerprint density at radius 3 is 2.60 bits per heavy atom. The lowest BCUT2D eigenvalue weighted by Gasteiger charge is -1.96. The van der Waals surface area contributed by atoms with Crippen LogP contribution in [0.15, 0.2) is 12.4 Å². The number of imidazole rings is 1. The van der Waals surface area contributed by atoms with Crippen LogP contribution in [0, 0.1) is 0 Å². The van der Waals surface area contributed by atoms with E-state index in [9.17, 15) is 9.90 Å². The summed E-state index contributed by atoms with van der Waals surface area (Å²) in [6.45, 7) is 0. The maximum absolute atomic E-state index is 10.4. The van der Waals surface area contributed by atoms with Crippen LogP contribution in [0.3, 0.4) is 0 Å². The second kappa shape index (κ2) is 2.13. The van der Waals surface area contributed by atoms with Gasteiger partial charge in [-0.1, -0.05) is 0 Å². The molecule has 0 aliphatic heterocycles. The van der Waals surface area contributed by atoms with Gasteiger partial charge in [0.2, 0.25) is 0 Å². The summed E-state index contributed by atoms with van der Waals surface area (Å²) < 4.78 is 2.99. The zero-order valence-electron chi connectivity index (χ0n) is 5.87. The SMILES string of the molecule is Cn1cc[n+](C)c1C(=O)[O-]. The lowest BCUT2D eigenvalue weighted by molar-refractivity contribution is -0.675. The Kier molecular flexibility index (Phi) is 1.45. The van der Waals surface area contributed by atoms with E-state index in [1.807, 2.05) is 0 Å². The van der Waals surface area contributed by atoms with Gasteiger partial charge in [-0.05, 0) is 0 Å². The van der Waals surface area contributed by atoms with Crippen molar-refractivity contribution in [2.45, 2.75) is 0 Å². The minimum atomic E-state index is -1.16. The fraction of sp³-hybridized carbons (Fsp3) is 0.333. The molecule has 0 aliphatic rings. The van der Waals surface area contributed by atoms with E-state index >= 15 is 0 Å². The van der Waals surface area contributed by atoms with E-state index in [1.54, 1.807) is 26.5 Å². The Morgan fingerprint density at radius 2 is 2.40 bits per heavy atom. The number of aromatic nitrogens is 2. The molecule has 4 heteroatoms. The predicted molar refractivity (Wildman–Crippen MR) is 30.9 cm³/mol. The molecule has 0 saturated heterocycles. The van der Waals surface area contributed by atoms with E-state index < -0.39 is 5.97 Å². The van der Waals surface area contributed by atoms with Crippen LogP contribution < -0.4 is 9.67 Å². The molecule has 0 radical (unpaired) electrons. The van der Waals surface area contributed by atoms with Crippen molar-refractivity contribution < 1.29 is 14.5 Å². The molecule has 0 unspecified atom stereocenters. The molecule has 54 valence electrons. The van der Waals surface area contributed by atoms with Crippen molar-refractivity contribution in [2.75, 3.05) is 0 Å². The number of carboxylic acid groups (broad SMARTS) is 1. The van der Waals surface area contributed by atoms with Crippen LogP contribution in [0.2, 0.25) is 0 Å². The van der Waals surface area contributed by atoms with Crippen LogP contribution in [0.5, 0.6) is 0 Å². The molecular weight excluding hydrogens is 132 g/mol. The molecule has 0 aromatic carbocycles. The summed E-state index contributed by atoms with van der Waals surface area (Å²) in [6, 6.07) is 0. The first kappa shape index (κ1) is 6.80. The van der Waals surface area contributed by atoms with Crippen molar-refractivity contribution in [3.8, 4) is 0 Å². The quantitative estimate of drug-likeness (QED) is 0.433. The smallest absolute Gasteiger partial charge is 0.304 e. The van der Waals surface area contributed by atoms with Gasteiger partial charge in [0.1, 0.15) is 12.4 Å². The standard InChI is InChI=1S/C6H8N2O2/c1-7-3-4-8(2)5(7)6(9)10/h3-4H,1-2H3. The first-order valence-corrected chi connectivity index (χ1v) is 2.85. The molecule has 1 heterocycles. The number of hydrogen-bond donors (Lipinski definition) is 0. The van der Waals surface area contributed by atoms with Gasteiger partial charge >= 0.3 is 5.82 Å². The van der Waals surface area contributed by atoms with Gasteiger partial charge in [-0.15, -0.1) is 0 Å². The number of aryl methyl sites for hydroxylation is 2. The third kappa shape index (κ3) is 0.877. The summed E-state index contributed by atoms with van der Waals surface area (Å²) >= 11 is 0. The highest BCUT2D eigenvalue weighted by Crippen LogP contribution is 1.86. The van der Waals surface area contributed by atoms with E-state index in [-0.39, 0.29) is 5.82 Å². The molecule has 0 amide bonds. The average Bonchev–Trinajstić information content (AvgIpc) is 2.11. The van der Waals surface area contributed by atoms with Crippen molar-refractivity contribution in [1.29, 1.82) is 0 Å². The molecule has 0 atom stereocenters. The zero-order valence-corrected chi connectivity index (χ0v) is 5.87. The monoisotopic (exact) mass is 140 g/mol. The topological polar surface area (TPSA) is 48.9 Å². The van der Waals surface area contributed by atoms with Crippen molar-refractivity contribution in [3.05, 3.63) is 18.2 Å². The number of nitrogens with zero attached hydrogens (tertiary/aromatic N) is 2. The third-order valence-corrected chi connectivity index (χ3v) is 1.36. The molecule has 0 aliphatic carbocycles. The largest absolute Gasteiger partial charge is 0.538 e. The Balaban J connectivity index is 3.23. The van der Waals surface area contributed by atoms with Gasteiger partial charge in [0, 0.05) is 0 Å². The van der Waals surface area contributed by atoms with Gasteiger partial charge < -0.3 is 9.90 Å². The number of hydrogen-bond acceptors (Lipinski definition) is 2. The molecular formula is C6H8N2O2. The summed E-state index contributed by atoms with van der Waals surface area (Å²) in [5.41, 5.74) is 0. The Bertz CT molecular complexity index is 245. The second-order valence-electron chi connectivity index (χ2n) is 2.13. The molecule has 4 nitrogen and oxygen atoms in total. The molecule has 1 aromatic rings.